The topological polar surface area (TPSA) is 0 Å². The lowest BCUT2D eigenvalue weighted by Gasteiger charge is -2.30. The van der Waals surface area contributed by atoms with Gasteiger partial charge in [-0.05, 0) is 74.0 Å². The van der Waals surface area contributed by atoms with Gasteiger partial charge in [0.05, 0.1) is 0 Å². The van der Waals surface area contributed by atoms with Crippen LogP contribution in [0.2, 0.25) is 0 Å². The maximum Gasteiger partial charge on any atom is -0.00669 e. The third-order valence-corrected chi connectivity index (χ3v) is 5.59. The van der Waals surface area contributed by atoms with Gasteiger partial charge in [-0.2, -0.15) is 0 Å². The zero-order valence-electron chi connectivity index (χ0n) is 15.2. The van der Waals surface area contributed by atoms with Gasteiger partial charge in [-0.25, -0.2) is 0 Å². The molecule has 0 N–H and O–H groups in total. The van der Waals surface area contributed by atoms with E-state index in [1.165, 1.54) is 67.2 Å². The minimum absolute atomic E-state index is 0.751. The number of hydrogen-bond acceptors (Lipinski definition) is 0. The summed E-state index contributed by atoms with van der Waals surface area (Å²) in [4.78, 5) is 0. The second-order valence-electron chi connectivity index (χ2n) is 7.45. The standard InChI is InChI=1S/C23H34/c1-5-7-9-20-10-13-23(14-11-20)19(4)17-21-12-15-22(8-6-2)18(3)16-21/h6,12,15-16,20,23H,2,4-5,7-11,13-14,17H2,1,3H3. The molecule has 1 aromatic carbocycles. The van der Waals surface area contributed by atoms with Crippen LogP contribution in [0.1, 0.15) is 68.6 Å². The molecule has 0 heteroatoms. The monoisotopic (exact) mass is 310 g/mol. The average Bonchev–Trinajstić information content (AvgIpc) is 2.56. The van der Waals surface area contributed by atoms with Crippen LogP contribution in [-0.4, -0.2) is 0 Å². The van der Waals surface area contributed by atoms with Gasteiger partial charge in [-0.15, -0.1) is 6.58 Å². The minimum Gasteiger partial charge on any atom is -0.103 e. The van der Waals surface area contributed by atoms with E-state index in [-0.39, 0.29) is 0 Å². The predicted molar refractivity (Wildman–Crippen MR) is 103 cm³/mol. The molecule has 0 aromatic heterocycles. The van der Waals surface area contributed by atoms with Gasteiger partial charge in [0.25, 0.3) is 0 Å². The largest absolute Gasteiger partial charge is 0.103 e. The molecule has 0 saturated heterocycles. The highest BCUT2D eigenvalue weighted by atomic mass is 14.3. The summed E-state index contributed by atoms with van der Waals surface area (Å²) in [6.07, 6.45) is 13.8. The van der Waals surface area contributed by atoms with E-state index in [1.54, 1.807) is 0 Å². The van der Waals surface area contributed by atoms with Gasteiger partial charge in [0, 0.05) is 0 Å². The van der Waals surface area contributed by atoms with Crippen LogP contribution in [0.25, 0.3) is 0 Å². The summed E-state index contributed by atoms with van der Waals surface area (Å²) in [7, 11) is 0. The fourth-order valence-electron chi connectivity index (χ4n) is 4.01. The molecule has 1 aliphatic carbocycles. The van der Waals surface area contributed by atoms with Crippen LogP contribution in [0.3, 0.4) is 0 Å². The van der Waals surface area contributed by atoms with Crippen molar-refractivity contribution >= 4 is 0 Å². The van der Waals surface area contributed by atoms with E-state index in [0.717, 1.165) is 24.7 Å². The van der Waals surface area contributed by atoms with Crippen LogP contribution in [0.4, 0.5) is 0 Å². The normalized spacial score (nSPS) is 21.1. The van der Waals surface area contributed by atoms with Crippen molar-refractivity contribution < 1.29 is 0 Å². The van der Waals surface area contributed by atoms with Crippen LogP contribution < -0.4 is 0 Å². The Kier molecular flexibility index (Phi) is 7.15. The first-order valence-corrected chi connectivity index (χ1v) is 9.51. The zero-order valence-corrected chi connectivity index (χ0v) is 15.2. The van der Waals surface area contributed by atoms with E-state index in [9.17, 15) is 0 Å². The van der Waals surface area contributed by atoms with E-state index in [1.807, 2.05) is 6.08 Å². The van der Waals surface area contributed by atoms with Gasteiger partial charge in [-0.3, -0.25) is 0 Å². The highest BCUT2D eigenvalue weighted by Crippen LogP contribution is 2.36. The molecule has 0 aliphatic heterocycles. The summed E-state index contributed by atoms with van der Waals surface area (Å²) in [5.41, 5.74) is 5.66. The minimum atomic E-state index is 0.751. The van der Waals surface area contributed by atoms with Crippen molar-refractivity contribution in [2.24, 2.45) is 11.8 Å². The molecule has 1 saturated carbocycles. The Balaban J connectivity index is 1.85. The molecule has 2 rings (SSSR count). The molecule has 0 heterocycles. The van der Waals surface area contributed by atoms with Crippen LogP contribution >= 0.6 is 0 Å². The average molecular weight is 311 g/mol. The Hall–Kier alpha value is -1.30. The molecule has 0 unspecified atom stereocenters. The second kappa shape index (κ2) is 9.11. The fourth-order valence-corrected chi connectivity index (χ4v) is 4.01. The molecule has 0 radical (unpaired) electrons. The van der Waals surface area contributed by atoms with Crippen LogP contribution in [0.5, 0.6) is 0 Å². The number of benzene rings is 1. The van der Waals surface area contributed by atoms with Crippen LogP contribution in [0.15, 0.2) is 43.0 Å². The number of hydrogen-bond donors (Lipinski definition) is 0. The van der Waals surface area contributed by atoms with E-state index in [2.05, 4.69) is 45.2 Å². The van der Waals surface area contributed by atoms with Crippen molar-refractivity contribution in [3.05, 3.63) is 59.7 Å². The summed E-state index contributed by atoms with van der Waals surface area (Å²) in [5, 5.41) is 0. The summed E-state index contributed by atoms with van der Waals surface area (Å²) >= 11 is 0. The maximum atomic E-state index is 4.43. The van der Waals surface area contributed by atoms with Crippen molar-refractivity contribution in [1.82, 2.24) is 0 Å². The molecule has 23 heavy (non-hydrogen) atoms. The van der Waals surface area contributed by atoms with E-state index in [4.69, 9.17) is 0 Å². The van der Waals surface area contributed by atoms with E-state index in [0.29, 0.717) is 0 Å². The summed E-state index contributed by atoms with van der Waals surface area (Å²) in [6.45, 7) is 12.8. The highest BCUT2D eigenvalue weighted by Gasteiger charge is 2.22. The molecule has 0 nitrogen and oxygen atoms in total. The molecule has 0 amide bonds. The number of aryl methyl sites for hydroxylation is 1. The van der Waals surface area contributed by atoms with Crippen molar-refractivity contribution in [2.75, 3.05) is 0 Å². The maximum absolute atomic E-state index is 4.43. The van der Waals surface area contributed by atoms with Crippen LogP contribution in [0, 0.1) is 18.8 Å². The zero-order chi connectivity index (χ0) is 16.7. The molecule has 126 valence electrons. The van der Waals surface area contributed by atoms with E-state index >= 15 is 0 Å². The van der Waals surface area contributed by atoms with Crippen molar-refractivity contribution in [3.63, 3.8) is 0 Å². The second-order valence-corrected chi connectivity index (χ2v) is 7.45. The Labute approximate surface area is 143 Å². The Morgan fingerprint density at radius 2 is 1.96 bits per heavy atom. The first kappa shape index (κ1) is 18.0. The van der Waals surface area contributed by atoms with Crippen molar-refractivity contribution in [3.8, 4) is 0 Å². The first-order chi connectivity index (χ1) is 11.1. The summed E-state index contributed by atoms with van der Waals surface area (Å²) in [5.74, 6) is 1.74. The molecule has 1 aliphatic rings. The lowest BCUT2D eigenvalue weighted by molar-refractivity contribution is 0.281. The third kappa shape index (κ3) is 5.37. The lowest BCUT2D eigenvalue weighted by Crippen LogP contribution is -2.17. The number of rotatable bonds is 8. The quantitative estimate of drug-likeness (QED) is 0.462. The SMILES string of the molecule is C=CCc1ccc(CC(=C)C2CCC(CCCC)CC2)cc1C. The molecule has 1 fully saturated rings. The van der Waals surface area contributed by atoms with Crippen molar-refractivity contribution in [2.45, 2.75) is 71.6 Å². The van der Waals surface area contributed by atoms with Gasteiger partial charge < -0.3 is 0 Å². The highest BCUT2D eigenvalue weighted by molar-refractivity contribution is 5.34. The Bertz CT molecular complexity index is 515. The third-order valence-electron chi connectivity index (χ3n) is 5.59. The summed E-state index contributed by atoms with van der Waals surface area (Å²) < 4.78 is 0. The Morgan fingerprint density at radius 1 is 1.22 bits per heavy atom. The van der Waals surface area contributed by atoms with E-state index < -0.39 is 0 Å². The van der Waals surface area contributed by atoms with Crippen molar-refractivity contribution in [1.29, 1.82) is 0 Å². The van der Waals surface area contributed by atoms with Crippen LogP contribution in [-0.2, 0) is 12.8 Å². The molecule has 0 spiro atoms. The fraction of sp³-hybridized carbons (Fsp3) is 0.565. The number of allylic oxidation sites excluding steroid dienone is 2. The molecule has 1 aromatic rings. The Morgan fingerprint density at radius 3 is 2.57 bits per heavy atom. The van der Waals surface area contributed by atoms with Gasteiger partial charge in [0.1, 0.15) is 0 Å². The summed E-state index contributed by atoms with van der Waals surface area (Å²) in [6, 6.07) is 6.89. The van der Waals surface area contributed by atoms with Gasteiger partial charge in [0.2, 0.25) is 0 Å². The van der Waals surface area contributed by atoms with Gasteiger partial charge >= 0.3 is 0 Å². The molecular formula is C23H34. The van der Waals surface area contributed by atoms with Gasteiger partial charge in [0.15, 0.2) is 0 Å². The van der Waals surface area contributed by atoms with Gasteiger partial charge in [-0.1, -0.05) is 62.6 Å². The molecule has 0 bridgehead atoms. The number of unbranched alkanes of at least 4 members (excludes halogenated alkanes) is 1. The first-order valence-electron chi connectivity index (χ1n) is 9.51. The predicted octanol–water partition coefficient (Wildman–Crippen LogP) is 6.82. The molecular weight excluding hydrogens is 276 g/mol. The smallest absolute Gasteiger partial charge is 0.00669 e. The lowest BCUT2D eigenvalue weighted by atomic mass is 9.76. The molecule has 0 atom stereocenters.